The van der Waals surface area contributed by atoms with E-state index in [0.717, 1.165) is 5.56 Å². The lowest BCUT2D eigenvalue weighted by molar-refractivity contribution is 0.0651. The van der Waals surface area contributed by atoms with Gasteiger partial charge in [0, 0.05) is 25.8 Å². The molecule has 132 valence electrons. The molecule has 8 heteroatoms. The highest BCUT2D eigenvalue weighted by Crippen LogP contribution is 2.30. The summed E-state index contributed by atoms with van der Waals surface area (Å²) < 4.78 is 3.09. The average Bonchev–Trinajstić information content (AvgIpc) is 3.04. The summed E-state index contributed by atoms with van der Waals surface area (Å²) in [7, 11) is 0. The predicted molar refractivity (Wildman–Crippen MR) is 93.5 cm³/mol. The molecule has 0 saturated carbocycles. The van der Waals surface area contributed by atoms with Crippen molar-refractivity contribution >= 4 is 5.91 Å². The van der Waals surface area contributed by atoms with Crippen LogP contribution in [0.3, 0.4) is 0 Å². The Morgan fingerprint density at radius 1 is 1.19 bits per heavy atom. The molecule has 3 aromatic rings. The summed E-state index contributed by atoms with van der Waals surface area (Å²) in [6, 6.07) is 10.8. The van der Waals surface area contributed by atoms with E-state index in [1.54, 1.807) is 21.7 Å². The number of hydrogen-bond acceptors (Lipinski definition) is 5. The molecule has 0 aliphatic carbocycles. The Morgan fingerprint density at radius 2 is 2.00 bits per heavy atom. The van der Waals surface area contributed by atoms with Gasteiger partial charge in [-0.15, -0.1) is 0 Å². The number of rotatable bonds is 3. The lowest BCUT2D eigenvalue weighted by atomic mass is 10.0. The van der Waals surface area contributed by atoms with Gasteiger partial charge in [-0.1, -0.05) is 30.3 Å². The third-order valence-corrected chi connectivity index (χ3v) is 4.55. The number of benzene rings is 1. The summed E-state index contributed by atoms with van der Waals surface area (Å²) in [5, 5.41) is 4.49. The number of aromatic nitrogens is 5. The van der Waals surface area contributed by atoms with Crippen molar-refractivity contribution < 1.29 is 4.79 Å². The molecule has 3 heterocycles. The van der Waals surface area contributed by atoms with Crippen molar-refractivity contribution in [2.24, 2.45) is 0 Å². The minimum Gasteiger partial charge on any atom is -0.321 e. The second-order valence-corrected chi connectivity index (χ2v) is 6.01. The molecule has 2 aromatic heterocycles. The fraction of sp³-hybridized carbons (Fsp3) is 0.278. The van der Waals surface area contributed by atoms with Crippen LogP contribution in [0.1, 0.15) is 34.8 Å². The molecule has 4 rings (SSSR count). The molecule has 0 saturated heterocycles. The summed E-state index contributed by atoms with van der Waals surface area (Å²) >= 11 is 0. The Hall–Kier alpha value is -3.29. The van der Waals surface area contributed by atoms with E-state index in [0.29, 0.717) is 31.2 Å². The maximum absolute atomic E-state index is 13.1. The van der Waals surface area contributed by atoms with E-state index >= 15 is 0 Å². The number of amides is 1. The monoisotopic (exact) mass is 350 g/mol. The molecule has 1 aliphatic rings. The lowest BCUT2D eigenvalue weighted by Crippen LogP contribution is -2.45. The summed E-state index contributed by atoms with van der Waals surface area (Å²) in [6.07, 6.45) is 2.90. The van der Waals surface area contributed by atoms with E-state index in [2.05, 4.69) is 15.1 Å². The molecular weight excluding hydrogens is 332 g/mol. The fourth-order valence-electron chi connectivity index (χ4n) is 3.30. The minimum absolute atomic E-state index is 0.141. The molecule has 8 nitrogen and oxygen atoms in total. The molecule has 0 spiro atoms. The van der Waals surface area contributed by atoms with Crippen molar-refractivity contribution in [2.45, 2.75) is 26.1 Å². The fourth-order valence-corrected chi connectivity index (χ4v) is 3.30. The molecule has 0 N–H and O–H groups in total. The maximum Gasteiger partial charge on any atom is 0.346 e. The topological polar surface area (TPSA) is 85.9 Å². The van der Waals surface area contributed by atoms with Gasteiger partial charge in [-0.2, -0.15) is 5.10 Å². The van der Waals surface area contributed by atoms with Crippen molar-refractivity contribution in [3.63, 3.8) is 0 Å². The highest BCUT2D eigenvalue weighted by atomic mass is 16.2. The van der Waals surface area contributed by atoms with Crippen LogP contribution in [-0.4, -0.2) is 41.7 Å². The van der Waals surface area contributed by atoms with Gasteiger partial charge in [0.15, 0.2) is 5.82 Å². The van der Waals surface area contributed by atoms with Crippen LogP contribution in [-0.2, 0) is 13.1 Å². The second-order valence-electron chi connectivity index (χ2n) is 6.01. The van der Waals surface area contributed by atoms with Gasteiger partial charge in [-0.3, -0.25) is 9.36 Å². The van der Waals surface area contributed by atoms with Crippen LogP contribution in [0.4, 0.5) is 0 Å². The van der Waals surface area contributed by atoms with Crippen LogP contribution in [0.25, 0.3) is 0 Å². The third-order valence-electron chi connectivity index (χ3n) is 4.55. The molecule has 1 aromatic carbocycles. The smallest absolute Gasteiger partial charge is 0.321 e. The first-order valence-electron chi connectivity index (χ1n) is 8.50. The summed E-state index contributed by atoms with van der Waals surface area (Å²) in [5.41, 5.74) is 1.09. The van der Waals surface area contributed by atoms with Crippen LogP contribution in [0.2, 0.25) is 0 Å². The summed E-state index contributed by atoms with van der Waals surface area (Å²) in [4.78, 5) is 35.2. The Balaban J connectivity index is 1.84. The molecule has 0 radical (unpaired) electrons. The van der Waals surface area contributed by atoms with E-state index in [1.165, 1.54) is 11.0 Å². The minimum atomic E-state index is -0.437. The quantitative estimate of drug-likeness (QED) is 0.706. The number of nitrogens with zero attached hydrogens (tertiary/aromatic N) is 6. The van der Waals surface area contributed by atoms with Crippen molar-refractivity contribution in [2.75, 3.05) is 6.54 Å². The van der Waals surface area contributed by atoms with Gasteiger partial charge in [0.2, 0.25) is 0 Å². The molecular formula is C18H18N6O2. The summed E-state index contributed by atoms with van der Waals surface area (Å²) in [6.45, 7) is 3.18. The second kappa shape index (κ2) is 6.55. The van der Waals surface area contributed by atoms with Gasteiger partial charge in [-0.05, 0) is 18.6 Å². The molecule has 0 fully saturated rings. The van der Waals surface area contributed by atoms with Crippen LogP contribution >= 0.6 is 0 Å². The van der Waals surface area contributed by atoms with E-state index in [4.69, 9.17) is 0 Å². The summed E-state index contributed by atoms with van der Waals surface area (Å²) in [5.74, 6) is 0.378. The van der Waals surface area contributed by atoms with Crippen molar-refractivity contribution in [3.8, 4) is 0 Å². The number of carbonyl (C=O) groups excluding carboxylic acids is 1. The first kappa shape index (κ1) is 16.2. The van der Waals surface area contributed by atoms with E-state index in [-0.39, 0.29) is 11.6 Å². The standard InChI is InChI=1S/C18H18N6O2/c1-2-24-18(26)23-11-10-22(17(25)14-8-9-19-12-20-14)15(16(23)21-24)13-6-4-3-5-7-13/h3-9,12,15H,2,10-11H2,1H3. The van der Waals surface area contributed by atoms with Gasteiger partial charge in [0.1, 0.15) is 18.1 Å². The van der Waals surface area contributed by atoms with Crippen LogP contribution < -0.4 is 5.69 Å². The van der Waals surface area contributed by atoms with E-state index in [1.807, 2.05) is 37.3 Å². The Bertz CT molecular complexity index is 980. The lowest BCUT2D eigenvalue weighted by Gasteiger charge is -2.35. The Kier molecular flexibility index (Phi) is 4.08. The molecule has 1 atom stereocenters. The molecule has 1 amide bonds. The highest BCUT2D eigenvalue weighted by Gasteiger charge is 2.36. The normalized spacial score (nSPS) is 16.3. The third kappa shape index (κ3) is 2.59. The molecule has 0 bridgehead atoms. The molecule has 1 aliphatic heterocycles. The maximum atomic E-state index is 13.1. The largest absolute Gasteiger partial charge is 0.346 e. The van der Waals surface area contributed by atoms with Gasteiger partial charge in [0.05, 0.1) is 0 Å². The van der Waals surface area contributed by atoms with Crippen molar-refractivity contribution in [1.82, 2.24) is 29.2 Å². The van der Waals surface area contributed by atoms with Crippen molar-refractivity contribution in [1.29, 1.82) is 0 Å². The van der Waals surface area contributed by atoms with Gasteiger partial charge < -0.3 is 4.90 Å². The highest BCUT2D eigenvalue weighted by molar-refractivity contribution is 5.92. The van der Waals surface area contributed by atoms with Gasteiger partial charge in [0.25, 0.3) is 5.91 Å². The zero-order chi connectivity index (χ0) is 18.1. The number of fused-ring (bicyclic) bond motifs is 1. The van der Waals surface area contributed by atoms with Gasteiger partial charge in [-0.25, -0.2) is 19.4 Å². The predicted octanol–water partition coefficient (Wildman–Crippen LogP) is 1.10. The van der Waals surface area contributed by atoms with E-state index in [9.17, 15) is 9.59 Å². The van der Waals surface area contributed by atoms with Crippen LogP contribution in [0.15, 0.2) is 53.7 Å². The van der Waals surface area contributed by atoms with Gasteiger partial charge >= 0.3 is 5.69 Å². The molecule has 1 unspecified atom stereocenters. The molecule has 26 heavy (non-hydrogen) atoms. The number of hydrogen-bond donors (Lipinski definition) is 0. The number of aryl methyl sites for hydroxylation is 1. The Morgan fingerprint density at radius 3 is 2.69 bits per heavy atom. The Labute approximate surface area is 149 Å². The SMILES string of the molecule is CCn1nc2n(c1=O)CCN(C(=O)c1ccncn1)C2c1ccccc1. The zero-order valence-corrected chi connectivity index (χ0v) is 14.3. The van der Waals surface area contributed by atoms with E-state index < -0.39 is 6.04 Å². The first-order chi connectivity index (χ1) is 12.7. The average molecular weight is 350 g/mol. The first-order valence-corrected chi connectivity index (χ1v) is 8.50. The van der Waals surface area contributed by atoms with Crippen LogP contribution in [0.5, 0.6) is 0 Å². The van der Waals surface area contributed by atoms with Crippen molar-refractivity contribution in [3.05, 3.63) is 76.5 Å². The van der Waals surface area contributed by atoms with Crippen LogP contribution in [0, 0.1) is 0 Å². The zero-order valence-electron chi connectivity index (χ0n) is 14.3. The number of carbonyl (C=O) groups is 1.